The van der Waals surface area contributed by atoms with Gasteiger partial charge in [-0.3, -0.25) is 0 Å². The smallest absolute Gasteiger partial charge is 0.410 e. The second-order valence-electron chi connectivity index (χ2n) is 5.11. The molecule has 0 saturated carbocycles. The third-order valence-electron chi connectivity index (χ3n) is 2.72. The highest BCUT2D eigenvalue weighted by molar-refractivity contribution is 5.70. The Morgan fingerprint density at radius 1 is 1.33 bits per heavy atom. The van der Waals surface area contributed by atoms with Gasteiger partial charge in [-0.2, -0.15) is 0 Å². The van der Waals surface area contributed by atoms with Gasteiger partial charge in [0.25, 0.3) is 0 Å². The molecule has 1 amide bonds. The molecule has 1 aromatic carbocycles. The van der Waals surface area contributed by atoms with Gasteiger partial charge >= 0.3 is 6.09 Å². The number of rotatable bonds is 6. The van der Waals surface area contributed by atoms with Crippen LogP contribution in [0.1, 0.15) is 26.7 Å². The maximum Gasteiger partial charge on any atom is 0.412 e. The van der Waals surface area contributed by atoms with Gasteiger partial charge in [-0.25, -0.2) is 4.79 Å². The molecule has 1 aromatic rings. The van der Waals surface area contributed by atoms with E-state index in [9.17, 15) is 4.79 Å². The minimum absolute atomic E-state index is 0.0368. The van der Waals surface area contributed by atoms with E-state index in [0.717, 1.165) is 12.8 Å². The van der Waals surface area contributed by atoms with Crippen molar-refractivity contribution in [3.63, 3.8) is 0 Å². The summed E-state index contributed by atoms with van der Waals surface area (Å²) in [4.78, 5) is 11.6. The Labute approximate surface area is 109 Å². The zero-order valence-corrected chi connectivity index (χ0v) is 11.1. The standard InChI is InChI=1S/C14H22N2O2/c1-14(2,9-6-10-15)11-16-13(17)18-12-7-4-3-5-8-12/h3-5,7-8H,6,9-11,15H2,1-2H3,(H,16,17). The molecular formula is C14H22N2O2. The van der Waals surface area contributed by atoms with Crippen LogP contribution in [0.4, 0.5) is 4.79 Å². The predicted molar refractivity (Wildman–Crippen MR) is 72.5 cm³/mol. The summed E-state index contributed by atoms with van der Waals surface area (Å²) in [6, 6.07) is 9.03. The number of carbonyl (C=O) groups is 1. The van der Waals surface area contributed by atoms with E-state index in [4.69, 9.17) is 10.5 Å². The van der Waals surface area contributed by atoms with E-state index in [1.807, 2.05) is 18.2 Å². The first-order valence-corrected chi connectivity index (χ1v) is 6.24. The van der Waals surface area contributed by atoms with E-state index in [1.54, 1.807) is 12.1 Å². The fraction of sp³-hybridized carbons (Fsp3) is 0.500. The summed E-state index contributed by atoms with van der Waals surface area (Å²) in [5.74, 6) is 0.551. The summed E-state index contributed by atoms with van der Waals surface area (Å²) >= 11 is 0. The Bertz CT molecular complexity index is 363. The SMILES string of the molecule is CC(C)(CCCN)CNC(=O)Oc1ccccc1. The lowest BCUT2D eigenvalue weighted by atomic mass is 9.88. The molecule has 100 valence electrons. The summed E-state index contributed by atoms with van der Waals surface area (Å²) in [5, 5.41) is 2.78. The van der Waals surface area contributed by atoms with E-state index in [-0.39, 0.29) is 5.41 Å². The first-order valence-electron chi connectivity index (χ1n) is 6.24. The van der Waals surface area contributed by atoms with Crippen LogP contribution in [0.15, 0.2) is 30.3 Å². The fourth-order valence-corrected chi connectivity index (χ4v) is 1.61. The fourth-order valence-electron chi connectivity index (χ4n) is 1.61. The maximum atomic E-state index is 11.6. The summed E-state index contributed by atoms with van der Waals surface area (Å²) in [7, 11) is 0. The van der Waals surface area contributed by atoms with Gasteiger partial charge in [-0.1, -0.05) is 32.0 Å². The van der Waals surface area contributed by atoms with Gasteiger partial charge in [-0.15, -0.1) is 0 Å². The maximum absolute atomic E-state index is 11.6. The normalized spacial score (nSPS) is 11.1. The lowest BCUT2D eigenvalue weighted by Gasteiger charge is -2.24. The van der Waals surface area contributed by atoms with Crippen molar-refractivity contribution in [3.05, 3.63) is 30.3 Å². The number of ether oxygens (including phenoxy) is 1. The molecule has 0 aliphatic carbocycles. The number of para-hydroxylation sites is 1. The predicted octanol–water partition coefficient (Wildman–Crippen LogP) is 2.54. The van der Waals surface area contributed by atoms with Gasteiger partial charge in [0.15, 0.2) is 0 Å². The molecule has 0 saturated heterocycles. The van der Waals surface area contributed by atoms with Crippen molar-refractivity contribution in [1.29, 1.82) is 0 Å². The Morgan fingerprint density at radius 3 is 2.61 bits per heavy atom. The molecular weight excluding hydrogens is 228 g/mol. The zero-order valence-electron chi connectivity index (χ0n) is 11.1. The Balaban J connectivity index is 2.33. The van der Waals surface area contributed by atoms with Gasteiger partial charge in [0.1, 0.15) is 5.75 Å². The topological polar surface area (TPSA) is 64.3 Å². The molecule has 0 aromatic heterocycles. The second-order valence-corrected chi connectivity index (χ2v) is 5.11. The lowest BCUT2D eigenvalue weighted by Crippen LogP contribution is -2.36. The molecule has 4 nitrogen and oxygen atoms in total. The van der Waals surface area contributed by atoms with Gasteiger partial charge in [-0.05, 0) is 36.9 Å². The summed E-state index contributed by atoms with van der Waals surface area (Å²) in [5.41, 5.74) is 5.52. The molecule has 0 atom stereocenters. The van der Waals surface area contributed by atoms with Crippen molar-refractivity contribution in [1.82, 2.24) is 5.32 Å². The lowest BCUT2D eigenvalue weighted by molar-refractivity contribution is 0.192. The summed E-state index contributed by atoms with van der Waals surface area (Å²) in [6.45, 7) is 5.47. The van der Waals surface area contributed by atoms with Crippen molar-refractivity contribution in [2.45, 2.75) is 26.7 Å². The highest BCUT2D eigenvalue weighted by Crippen LogP contribution is 2.20. The molecule has 4 heteroatoms. The van der Waals surface area contributed by atoms with Crippen LogP contribution in [0.25, 0.3) is 0 Å². The van der Waals surface area contributed by atoms with E-state index in [2.05, 4.69) is 19.2 Å². The molecule has 0 radical (unpaired) electrons. The number of carbonyl (C=O) groups excluding carboxylic acids is 1. The van der Waals surface area contributed by atoms with Crippen LogP contribution >= 0.6 is 0 Å². The molecule has 1 rings (SSSR count). The quantitative estimate of drug-likeness (QED) is 0.815. The highest BCUT2D eigenvalue weighted by Gasteiger charge is 2.18. The van der Waals surface area contributed by atoms with Gasteiger partial charge in [0.2, 0.25) is 0 Å². The number of benzene rings is 1. The Kier molecular flexibility index (Phi) is 5.65. The number of hydrogen-bond acceptors (Lipinski definition) is 3. The Morgan fingerprint density at radius 2 is 2.00 bits per heavy atom. The van der Waals surface area contributed by atoms with Crippen molar-refractivity contribution < 1.29 is 9.53 Å². The molecule has 0 aliphatic rings. The van der Waals surface area contributed by atoms with Crippen LogP contribution in [0.3, 0.4) is 0 Å². The largest absolute Gasteiger partial charge is 0.412 e. The van der Waals surface area contributed by atoms with Crippen LogP contribution < -0.4 is 15.8 Å². The van der Waals surface area contributed by atoms with Crippen molar-refractivity contribution in [2.75, 3.05) is 13.1 Å². The number of nitrogens with two attached hydrogens (primary N) is 1. The van der Waals surface area contributed by atoms with Gasteiger partial charge in [0, 0.05) is 6.54 Å². The highest BCUT2D eigenvalue weighted by atomic mass is 16.6. The van der Waals surface area contributed by atoms with Crippen molar-refractivity contribution in [2.24, 2.45) is 11.1 Å². The first kappa shape index (κ1) is 14.5. The van der Waals surface area contributed by atoms with Gasteiger partial charge < -0.3 is 15.8 Å². The minimum Gasteiger partial charge on any atom is -0.410 e. The summed E-state index contributed by atoms with van der Waals surface area (Å²) < 4.78 is 5.14. The average Bonchev–Trinajstić information content (AvgIpc) is 2.36. The van der Waals surface area contributed by atoms with Crippen LogP contribution in [0.5, 0.6) is 5.75 Å². The second kappa shape index (κ2) is 7.01. The van der Waals surface area contributed by atoms with E-state index in [0.29, 0.717) is 18.8 Å². The minimum atomic E-state index is -0.415. The molecule has 0 spiro atoms. The molecule has 0 unspecified atom stereocenters. The van der Waals surface area contributed by atoms with E-state index >= 15 is 0 Å². The zero-order chi connectivity index (χ0) is 13.4. The molecule has 18 heavy (non-hydrogen) atoms. The average molecular weight is 250 g/mol. The summed E-state index contributed by atoms with van der Waals surface area (Å²) in [6.07, 6.45) is 1.53. The van der Waals surface area contributed by atoms with E-state index in [1.165, 1.54) is 0 Å². The van der Waals surface area contributed by atoms with Crippen LogP contribution in [0, 0.1) is 5.41 Å². The van der Waals surface area contributed by atoms with Crippen molar-refractivity contribution >= 4 is 6.09 Å². The molecule has 0 bridgehead atoms. The van der Waals surface area contributed by atoms with Crippen molar-refractivity contribution in [3.8, 4) is 5.75 Å². The van der Waals surface area contributed by atoms with Crippen LogP contribution in [-0.2, 0) is 0 Å². The van der Waals surface area contributed by atoms with Crippen LogP contribution in [-0.4, -0.2) is 19.2 Å². The Hall–Kier alpha value is -1.55. The molecule has 0 aliphatic heterocycles. The van der Waals surface area contributed by atoms with Gasteiger partial charge in [0.05, 0.1) is 0 Å². The number of nitrogens with one attached hydrogen (secondary N) is 1. The number of hydrogen-bond donors (Lipinski definition) is 2. The first-order chi connectivity index (χ1) is 8.53. The number of amides is 1. The molecule has 0 fully saturated rings. The monoisotopic (exact) mass is 250 g/mol. The third-order valence-corrected chi connectivity index (χ3v) is 2.72. The molecule has 0 heterocycles. The molecule has 3 N–H and O–H groups in total. The third kappa shape index (κ3) is 5.68. The van der Waals surface area contributed by atoms with Crippen LogP contribution in [0.2, 0.25) is 0 Å². The van der Waals surface area contributed by atoms with E-state index < -0.39 is 6.09 Å².